The number of hydrazine groups is 1. The van der Waals surface area contributed by atoms with E-state index in [1.54, 1.807) is 12.1 Å². The summed E-state index contributed by atoms with van der Waals surface area (Å²) < 4.78 is 4.97. The molecule has 0 aliphatic carbocycles. The molecule has 0 atom stereocenters. The SMILES string of the molecule is Cc1ccc(C(=O)NNC(=O)OCc2ccccc2)cc1. The number of carbonyl (C=O) groups is 2. The molecular formula is C16H16N2O3. The van der Waals surface area contributed by atoms with E-state index in [1.165, 1.54) is 0 Å². The van der Waals surface area contributed by atoms with Crippen molar-refractivity contribution in [2.45, 2.75) is 13.5 Å². The first-order valence-corrected chi connectivity index (χ1v) is 6.49. The van der Waals surface area contributed by atoms with Gasteiger partial charge in [-0.05, 0) is 24.6 Å². The van der Waals surface area contributed by atoms with Gasteiger partial charge in [-0.2, -0.15) is 0 Å². The minimum Gasteiger partial charge on any atom is -0.443 e. The van der Waals surface area contributed by atoms with Crippen molar-refractivity contribution < 1.29 is 14.3 Å². The maximum absolute atomic E-state index is 11.8. The first-order valence-electron chi connectivity index (χ1n) is 6.49. The molecule has 0 fully saturated rings. The molecule has 2 N–H and O–H groups in total. The summed E-state index contributed by atoms with van der Waals surface area (Å²) in [5.41, 5.74) is 6.89. The number of benzene rings is 2. The van der Waals surface area contributed by atoms with Gasteiger partial charge in [0.25, 0.3) is 5.91 Å². The van der Waals surface area contributed by atoms with Crippen molar-refractivity contribution >= 4 is 12.0 Å². The second kappa shape index (κ2) is 7.09. The Balaban J connectivity index is 1.76. The van der Waals surface area contributed by atoms with E-state index in [-0.39, 0.29) is 6.61 Å². The van der Waals surface area contributed by atoms with Gasteiger partial charge in [0.05, 0.1) is 0 Å². The molecule has 0 unspecified atom stereocenters. The van der Waals surface area contributed by atoms with Gasteiger partial charge < -0.3 is 4.74 Å². The molecule has 2 amide bonds. The zero-order chi connectivity index (χ0) is 15.1. The molecular weight excluding hydrogens is 268 g/mol. The number of nitrogens with one attached hydrogen (secondary N) is 2. The van der Waals surface area contributed by atoms with Gasteiger partial charge in [0.15, 0.2) is 0 Å². The molecule has 0 bridgehead atoms. The molecule has 0 aliphatic rings. The molecule has 5 heteroatoms. The van der Waals surface area contributed by atoms with Crippen molar-refractivity contribution in [3.8, 4) is 0 Å². The van der Waals surface area contributed by atoms with Crippen LogP contribution in [0.2, 0.25) is 0 Å². The molecule has 0 spiro atoms. The maximum Gasteiger partial charge on any atom is 0.426 e. The van der Waals surface area contributed by atoms with Crippen molar-refractivity contribution in [1.82, 2.24) is 10.9 Å². The summed E-state index contributed by atoms with van der Waals surface area (Å²) in [5, 5.41) is 0. The lowest BCUT2D eigenvalue weighted by Gasteiger charge is -2.08. The molecule has 5 nitrogen and oxygen atoms in total. The van der Waals surface area contributed by atoms with Crippen LogP contribution < -0.4 is 10.9 Å². The van der Waals surface area contributed by atoms with Crippen LogP contribution in [0.1, 0.15) is 21.5 Å². The van der Waals surface area contributed by atoms with Gasteiger partial charge in [-0.15, -0.1) is 0 Å². The lowest BCUT2D eigenvalue weighted by Crippen LogP contribution is -2.41. The minimum atomic E-state index is -0.709. The van der Waals surface area contributed by atoms with E-state index in [0.717, 1.165) is 11.1 Å². The third kappa shape index (κ3) is 4.65. The number of ether oxygens (including phenoxy) is 1. The van der Waals surface area contributed by atoms with Gasteiger partial charge in [0, 0.05) is 5.56 Å². The maximum atomic E-state index is 11.8. The second-order valence-electron chi connectivity index (χ2n) is 4.51. The summed E-state index contributed by atoms with van der Waals surface area (Å²) in [4.78, 5) is 23.2. The average molecular weight is 284 g/mol. The Morgan fingerprint density at radius 3 is 2.29 bits per heavy atom. The molecule has 2 rings (SSSR count). The fraction of sp³-hybridized carbons (Fsp3) is 0.125. The van der Waals surface area contributed by atoms with Crippen molar-refractivity contribution in [1.29, 1.82) is 0 Å². The third-order valence-electron chi connectivity index (χ3n) is 2.80. The Labute approximate surface area is 122 Å². The molecule has 0 saturated carbocycles. The van der Waals surface area contributed by atoms with Crippen LogP contribution in [0.25, 0.3) is 0 Å². The average Bonchev–Trinajstić information content (AvgIpc) is 2.52. The van der Waals surface area contributed by atoms with Gasteiger partial charge in [-0.3, -0.25) is 10.2 Å². The largest absolute Gasteiger partial charge is 0.443 e. The van der Waals surface area contributed by atoms with Gasteiger partial charge >= 0.3 is 6.09 Å². The lowest BCUT2D eigenvalue weighted by atomic mass is 10.1. The Bertz CT molecular complexity index is 609. The van der Waals surface area contributed by atoms with Crippen molar-refractivity contribution in [3.05, 3.63) is 71.3 Å². The number of carbonyl (C=O) groups excluding carboxylic acids is 2. The second-order valence-corrected chi connectivity index (χ2v) is 4.51. The third-order valence-corrected chi connectivity index (χ3v) is 2.80. The highest BCUT2D eigenvalue weighted by Crippen LogP contribution is 2.02. The number of hydrogen-bond donors (Lipinski definition) is 2. The molecule has 0 aliphatic heterocycles. The fourth-order valence-electron chi connectivity index (χ4n) is 1.64. The summed E-state index contributed by atoms with van der Waals surface area (Å²) in [6.07, 6.45) is -0.709. The predicted molar refractivity (Wildman–Crippen MR) is 78.4 cm³/mol. The predicted octanol–water partition coefficient (Wildman–Crippen LogP) is 2.57. The summed E-state index contributed by atoms with van der Waals surface area (Å²) in [5.74, 6) is -0.397. The van der Waals surface area contributed by atoms with Gasteiger partial charge in [0.1, 0.15) is 6.61 Å². The molecule has 0 aromatic heterocycles. The highest BCUT2D eigenvalue weighted by molar-refractivity contribution is 5.94. The molecule has 0 radical (unpaired) electrons. The number of aryl methyl sites for hydroxylation is 1. The Morgan fingerprint density at radius 2 is 1.62 bits per heavy atom. The zero-order valence-corrected chi connectivity index (χ0v) is 11.6. The van der Waals surface area contributed by atoms with Crippen LogP contribution >= 0.6 is 0 Å². The van der Waals surface area contributed by atoms with E-state index in [9.17, 15) is 9.59 Å². The summed E-state index contributed by atoms with van der Waals surface area (Å²) >= 11 is 0. The van der Waals surface area contributed by atoms with Crippen molar-refractivity contribution in [2.75, 3.05) is 0 Å². The smallest absolute Gasteiger partial charge is 0.426 e. The highest BCUT2D eigenvalue weighted by atomic mass is 16.6. The van der Waals surface area contributed by atoms with Crippen molar-refractivity contribution in [3.63, 3.8) is 0 Å². The highest BCUT2D eigenvalue weighted by Gasteiger charge is 2.07. The zero-order valence-electron chi connectivity index (χ0n) is 11.6. The lowest BCUT2D eigenvalue weighted by molar-refractivity contribution is 0.0905. The molecule has 21 heavy (non-hydrogen) atoms. The van der Waals surface area contributed by atoms with E-state index in [1.807, 2.05) is 49.4 Å². The quantitative estimate of drug-likeness (QED) is 0.851. The Kier molecular flexibility index (Phi) is 4.93. The van der Waals surface area contributed by atoms with Crippen LogP contribution in [0.4, 0.5) is 4.79 Å². The van der Waals surface area contributed by atoms with Crippen LogP contribution in [-0.4, -0.2) is 12.0 Å². The normalized spacial score (nSPS) is 9.76. The van der Waals surface area contributed by atoms with Gasteiger partial charge in [-0.25, -0.2) is 10.2 Å². The Morgan fingerprint density at radius 1 is 0.952 bits per heavy atom. The van der Waals surface area contributed by atoms with E-state index in [0.29, 0.717) is 5.56 Å². The minimum absolute atomic E-state index is 0.146. The van der Waals surface area contributed by atoms with E-state index < -0.39 is 12.0 Å². The van der Waals surface area contributed by atoms with Gasteiger partial charge in [-0.1, -0.05) is 48.0 Å². The Hall–Kier alpha value is -2.82. The molecule has 108 valence electrons. The molecule has 2 aromatic carbocycles. The molecule has 2 aromatic rings. The van der Waals surface area contributed by atoms with Crippen LogP contribution in [-0.2, 0) is 11.3 Å². The van der Waals surface area contributed by atoms with Crippen LogP contribution in [0.15, 0.2) is 54.6 Å². The summed E-state index contributed by atoms with van der Waals surface area (Å²) in [6, 6.07) is 16.3. The number of hydrogen-bond acceptors (Lipinski definition) is 3. The first kappa shape index (κ1) is 14.6. The molecule has 0 saturated heterocycles. The number of rotatable bonds is 3. The van der Waals surface area contributed by atoms with Crippen molar-refractivity contribution in [2.24, 2.45) is 0 Å². The van der Waals surface area contributed by atoms with E-state index in [2.05, 4.69) is 10.9 Å². The fourth-order valence-corrected chi connectivity index (χ4v) is 1.64. The van der Waals surface area contributed by atoms with Crippen LogP contribution in [0.3, 0.4) is 0 Å². The first-order chi connectivity index (χ1) is 10.1. The van der Waals surface area contributed by atoms with Crippen LogP contribution in [0.5, 0.6) is 0 Å². The number of amides is 2. The van der Waals surface area contributed by atoms with E-state index >= 15 is 0 Å². The monoisotopic (exact) mass is 284 g/mol. The standard InChI is InChI=1S/C16H16N2O3/c1-12-7-9-14(10-8-12)15(19)17-18-16(20)21-11-13-5-3-2-4-6-13/h2-10H,11H2,1H3,(H,17,19)(H,18,20). The topological polar surface area (TPSA) is 67.4 Å². The summed E-state index contributed by atoms with van der Waals surface area (Å²) in [6.45, 7) is 2.08. The van der Waals surface area contributed by atoms with E-state index in [4.69, 9.17) is 4.74 Å². The molecule has 0 heterocycles. The summed E-state index contributed by atoms with van der Waals surface area (Å²) in [7, 11) is 0. The van der Waals surface area contributed by atoms with Gasteiger partial charge in [0.2, 0.25) is 0 Å². The van der Waals surface area contributed by atoms with Crippen LogP contribution in [0, 0.1) is 6.92 Å².